The quantitative estimate of drug-likeness (QED) is 0.801. The summed E-state index contributed by atoms with van der Waals surface area (Å²) in [5, 5.41) is 3.40. The van der Waals surface area contributed by atoms with Crippen LogP contribution in [0.25, 0.3) is 0 Å². The molecule has 0 saturated carbocycles. The van der Waals surface area contributed by atoms with E-state index in [2.05, 4.69) is 34.2 Å². The van der Waals surface area contributed by atoms with Crippen LogP contribution in [0.15, 0.2) is 21.2 Å². The van der Waals surface area contributed by atoms with Crippen molar-refractivity contribution < 1.29 is 4.42 Å². The molecule has 0 aromatic carbocycles. The van der Waals surface area contributed by atoms with Crippen LogP contribution in [-0.2, 0) is 0 Å². The van der Waals surface area contributed by atoms with E-state index in [4.69, 9.17) is 4.42 Å². The molecule has 0 bridgehead atoms. The van der Waals surface area contributed by atoms with Gasteiger partial charge in [-0.2, -0.15) is 0 Å². The Morgan fingerprint density at radius 3 is 2.92 bits per heavy atom. The van der Waals surface area contributed by atoms with Crippen molar-refractivity contribution in [1.29, 1.82) is 0 Å². The second-order valence-corrected chi connectivity index (χ2v) is 4.17. The van der Waals surface area contributed by atoms with Gasteiger partial charge in [0.2, 0.25) is 0 Å². The average Bonchev–Trinajstić information content (AvgIpc) is 2.58. The van der Waals surface area contributed by atoms with Crippen molar-refractivity contribution >= 4 is 15.9 Å². The summed E-state index contributed by atoms with van der Waals surface area (Å²) >= 11 is 3.31. The van der Waals surface area contributed by atoms with E-state index in [-0.39, 0.29) is 0 Å². The highest BCUT2D eigenvalue weighted by atomic mass is 79.9. The molecule has 1 aromatic heterocycles. The summed E-state index contributed by atoms with van der Waals surface area (Å²) in [4.78, 5) is 0. The molecule has 2 rings (SSSR count). The van der Waals surface area contributed by atoms with Gasteiger partial charge in [-0.1, -0.05) is 0 Å². The van der Waals surface area contributed by atoms with Gasteiger partial charge in [-0.3, -0.25) is 0 Å². The summed E-state index contributed by atoms with van der Waals surface area (Å²) in [6, 6.07) is 4.63. The maximum absolute atomic E-state index is 5.49. The molecule has 3 heteroatoms. The third-order valence-corrected chi connectivity index (χ3v) is 2.77. The van der Waals surface area contributed by atoms with Gasteiger partial charge in [0.1, 0.15) is 5.76 Å². The molecular formula is C9H12BrNO. The molecule has 2 atom stereocenters. The lowest BCUT2D eigenvalue weighted by Crippen LogP contribution is -2.16. The van der Waals surface area contributed by atoms with Crippen LogP contribution in [0.1, 0.15) is 25.0 Å². The second kappa shape index (κ2) is 3.23. The fourth-order valence-electron chi connectivity index (χ4n) is 1.70. The molecule has 0 spiro atoms. The third kappa shape index (κ3) is 1.57. The molecule has 2 nitrogen and oxygen atoms in total. The van der Waals surface area contributed by atoms with Crippen molar-refractivity contribution in [1.82, 2.24) is 5.32 Å². The zero-order chi connectivity index (χ0) is 8.55. The molecule has 1 aliphatic heterocycles. The summed E-state index contributed by atoms with van der Waals surface area (Å²) in [5.41, 5.74) is 0. The molecule has 66 valence electrons. The lowest BCUT2D eigenvalue weighted by atomic mass is 10.0. The molecule has 2 heterocycles. The van der Waals surface area contributed by atoms with Gasteiger partial charge in [-0.15, -0.1) is 0 Å². The fraction of sp³-hybridized carbons (Fsp3) is 0.556. The Bertz CT molecular complexity index is 271. The summed E-state index contributed by atoms with van der Waals surface area (Å²) in [6.07, 6.45) is 1.18. The highest BCUT2D eigenvalue weighted by molar-refractivity contribution is 9.10. The number of rotatable bonds is 1. The lowest BCUT2D eigenvalue weighted by Gasteiger charge is -2.02. The number of hydrogen-bond donors (Lipinski definition) is 1. The number of halogens is 1. The molecule has 0 aliphatic carbocycles. The van der Waals surface area contributed by atoms with E-state index in [1.807, 2.05) is 6.07 Å². The van der Waals surface area contributed by atoms with Crippen LogP contribution < -0.4 is 5.32 Å². The first-order valence-electron chi connectivity index (χ1n) is 4.24. The van der Waals surface area contributed by atoms with Crippen LogP contribution >= 0.6 is 15.9 Å². The van der Waals surface area contributed by atoms with Gasteiger partial charge in [-0.25, -0.2) is 0 Å². The van der Waals surface area contributed by atoms with Gasteiger partial charge < -0.3 is 9.73 Å². The average molecular weight is 230 g/mol. The van der Waals surface area contributed by atoms with Crippen molar-refractivity contribution in [3.63, 3.8) is 0 Å². The first-order chi connectivity index (χ1) is 5.75. The molecule has 1 saturated heterocycles. The van der Waals surface area contributed by atoms with Gasteiger partial charge >= 0.3 is 0 Å². The molecule has 0 amide bonds. The minimum absolute atomic E-state index is 0.561. The van der Waals surface area contributed by atoms with Crippen molar-refractivity contribution in [2.75, 3.05) is 6.54 Å². The monoisotopic (exact) mass is 229 g/mol. The molecule has 1 N–H and O–H groups in total. The van der Waals surface area contributed by atoms with E-state index >= 15 is 0 Å². The van der Waals surface area contributed by atoms with Gasteiger partial charge in [-0.05, 0) is 41.4 Å². The van der Waals surface area contributed by atoms with E-state index in [0.29, 0.717) is 12.0 Å². The molecule has 12 heavy (non-hydrogen) atoms. The predicted octanol–water partition coefficient (Wildman–Crippen LogP) is 2.51. The van der Waals surface area contributed by atoms with Crippen molar-refractivity contribution in [3.8, 4) is 0 Å². The lowest BCUT2D eigenvalue weighted by molar-refractivity contribution is 0.454. The number of furan rings is 1. The summed E-state index contributed by atoms with van der Waals surface area (Å²) < 4.78 is 6.32. The smallest absolute Gasteiger partial charge is 0.169 e. The van der Waals surface area contributed by atoms with Gasteiger partial charge in [0.25, 0.3) is 0 Å². The predicted molar refractivity (Wildman–Crippen MR) is 51.2 cm³/mol. The van der Waals surface area contributed by atoms with Crippen LogP contribution in [-0.4, -0.2) is 12.6 Å². The van der Waals surface area contributed by atoms with Crippen LogP contribution in [0.5, 0.6) is 0 Å². The number of nitrogens with one attached hydrogen (secondary N) is 1. The van der Waals surface area contributed by atoms with Gasteiger partial charge in [0, 0.05) is 18.5 Å². The standard InChI is InChI=1S/C9H12BrNO/c1-6-4-7(5-11-6)8-2-3-9(10)12-8/h2-3,6-7,11H,4-5H2,1H3. The molecule has 1 fully saturated rings. The van der Waals surface area contributed by atoms with Crippen LogP contribution in [0.3, 0.4) is 0 Å². The van der Waals surface area contributed by atoms with E-state index < -0.39 is 0 Å². The van der Waals surface area contributed by atoms with E-state index in [1.54, 1.807) is 0 Å². The zero-order valence-corrected chi connectivity index (χ0v) is 8.60. The summed E-state index contributed by atoms with van der Waals surface area (Å²) in [5.74, 6) is 1.66. The minimum atomic E-state index is 0.561. The second-order valence-electron chi connectivity index (χ2n) is 3.38. The zero-order valence-electron chi connectivity index (χ0n) is 7.01. The molecule has 2 unspecified atom stereocenters. The third-order valence-electron chi connectivity index (χ3n) is 2.35. The largest absolute Gasteiger partial charge is 0.454 e. The highest BCUT2D eigenvalue weighted by Crippen LogP contribution is 2.28. The Labute approximate surface area is 80.5 Å². The van der Waals surface area contributed by atoms with Gasteiger partial charge in [0.15, 0.2) is 4.67 Å². The van der Waals surface area contributed by atoms with Crippen LogP contribution in [0.2, 0.25) is 0 Å². The first kappa shape index (κ1) is 8.32. The Morgan fingerprint density at radius 1 is 1.58 bits per heavy atom. The van der Waals surface area contributed by atoms with Crippen LogP contribution in [0.4, 0.5) is 0 Å². The minimum Gasteiger partial charge on any atom is -0.454 e. The topological polar surface area (TPSA) is 25.2 Å². The Kier molecular flexibility index (Phi) is 2.24. The van der Waals surface area contributed by atoms with Crippen molar-refractivity contribution in [2.45, 2.75) is 25.3 Å². The maximum Gasteiger partial charge on any atom is 0.169 e. The van der Waals surface area contributed by atoms with Crippen LogP contribution in [0, 0.1) is 0 Å². The van der Waals surface area contributed by atoms with Gasteiger partial charge in [0.05, 0.1) is 0 Å². The highest BCUT2D eigenvalue weighted by Gasteiger charge is 2.24. The fourth-order valence-corrected chi connectivity index (χ4v) is 2.02. The van der Waals surface area contributed by atoms with E-state index in [1.165, 1.54) is 6.42 Å². The number of hydrogen-bond acceptors (Lipinski definition) is 2. The molecule has 1 aliphatic rings. The maximum atomic E-state index is 5.49. The Hall–Kier alpha value is -0.280. The molecular weight excluding hydrogens is 218 g/mol. The SMILES string of the molecule is CC1CC(c2ccc(Br)o2)CN1. The summed E-state index contributed by atoms with van der Waals surface area (Å²) in [7, 11) is 0. The van der Waals surface area contributed by atoms with Crippen molar-refractivity contribution in [2.24, 2.45) is 0 Å². The van der Waals surface area contributed by atoms with E-state index in [9.17, 15) is 0 Å². The van der Waals surface area contributed by atoms with Crippen molar-refractivity contribution in [3.05, 3.63) is 22.6 Å². The normalized spacial score (nSPS) is 29.5. The molecule has 1 aromatic rings. The Balaban J connectivity index is 2.11. The first-order valence-corrected chi connectivity index (χ1v) is 5.03. The van der Waals surface area contributed by atoms with E-state index in [0.717, 1.165) is 17.0 Å². The Morgan fingerprint density at radius 2 is 2.42 bits per heavy atom. The summed E-state index contributed by atoms with van der Waals surface area (Å²) in [6.45, 7) is 3.25. The molecule has 0 radical (unpaired) electrons.